The lowest BCUT2D eigenvalue weighted by Crippen LogP contribution is -2.36. The van der Waals surface area contributed by atoms with Gasteiger partial charge in [-0.1, -0.05) is 42.5 Å². The molecular weight excluding hydrogens is 406 g/mol. The van der Waals surface area contributed by atoms with Crippen molar-refractivity contribution in [2.75, 3.05) is 11.9 Å². The lowest BCUT2D eigenvalue weighted by atomic mass is 10.1. The minimum atomic E-state index is -0.260. The molecule has 5 nitrogen and oxygen atoms in total. The summed E-state index contributed by atoms with van der Waals surface area (Å²) in [5.74, 6) is -0.517. The fourth-order valence-corrected chi connectivity index (χ4v) is 3.56. The van der Waals surface area contributed by atoms with Crippen molar-refractivity contribution in [3.05, 3.63) is 94.2 Å². The first-order valence-corrected chi connectivity index (χ1v) is 9.30. The molecule has 1 N–H and O–H groups in total. The van der Waals surface area contributed by atoms with E-state index in [1.807, 2.05) is 36.4 Å². The van der Waals surface area contributed by atoms with Gasteiger partial charge < -0.3 is 5.32 Å². The van der Waals surface area contributed by atoms with Crippen LogP contribution in [0.5, 0.6) is 0 Å². The second kappa shape index (κ2) is 7.32. The maximum absolute atomic E-state index is 12.7. The van der Waals surface area contributed by atoms with Gasteiger partial charge in [-0.25, -0.2) is 0 Å². The number of hydrogen-bond donors (Lipinski definition) is 1. The van der Waals surface area contributed by atoms with E-state index in [1.165, 1.54) is 4.90 Å². The minimum Gasteiger partial charge on any atom is -0.375 e. The average Bonchev–Trinajstić information content (AvgIpc) is 2.93. The van der Waals surface area contributed by atoms with Gasteiger partial charge in [0.1, 0.15) is 0 Å². The summed E-state index contributed by atoms with van der Waals surface area (Å²) in [5.41, 5.74) is 2.70. The highest BCUT2D eigenvalue weighted by Crippen LogP contribution is 2.27. The Balaban J connectivity index is 1.64. The van der Waals surface area contributed by atoms with Crippen LogP contribution in [0.1, 0.15) is 32.3 Å². The average molecular weight is 422 g/mol. The normalized spacial score (nSPS) is 14.2. The van der Waals surface area contributed by atoms with Crippen molar-refractivity contribution >= 4 is 33.4 Å². The molecule has 0 fully saturated rings. The summed E-state index contributed by atoms with van der Waals surface area (Å²) < 4.78 is 0.847. The van der Waals surface area contributed by atoms with E-state index in [1.54, 1.807) is 36.7 Å². The van der Waals surface area contributed by atoms with Crippen LogP contribution in [0.3, 0.4) is 0 Å². The van der Waals surface area contributed by atoms with Gasteiger partial charge in [0.2, 0.25) is 0 Å². The zero-order valence-corrected chi connectivity index (χ0v) is 15.9. The molecule has 1 atom stereocenters. The van der Waals surface area contributed by atoms with Crippen molar-refractivity contribution in [3.63, 3.8) is 0 Å². The van der Waals surface area contributed by atoms with E-state index in [9.17, 15) is 9.59 Å². The third kappa shape index (κ3) is 3.48. The van der Waals surface area contributed by atoms with Crippen molar-refractivity contribution in [2.45, 2.75) is 6.04 Å². The van der Waals surface area contributed by atoms with E-state index < -0.39 is 0 Å². The molecule has 4 rings (SSSR count). The molecule has 1 aromatic heterocycles. The molecule has 1 aliphatic rings. The maximum Gasteiger partial charge on any atom is 0.261 e. The van der Waals surface area contributed by atoms with E-state index in [-0.39, 0.29) is 24.4 Å². The number of nitrogens with one attached hydrogen (secondary N) is 1. The summed E-state index contributed by atoms with van der Waals surface area (Å²) in [7, 11) is 0. The Hall–Kier alpha value is -2.99. The monoisotopic (exact) mass is 421 g/mol. The molecule has 0 radical (unpaired) electrons. The smallest absolute Gasteiger partial charge is 0.261 e. The number of benzene rings is 2. The molecule has 0 bridgehead atoms. The van der Waals surface area contributed by atoms with Crippen molar-refractivity contribution in [3.8, 4) is 0 Å². The second-order valence-corrected chi connectivity index (χ2v) is 7.18. The van der Waals surface area contributed by atoms with Gasteiger partial charge >= 0.3 is 0 Å². The van der Waals surface area contributed by atoms with Crippen LogP contribution >= 0.6 is 15.9 Å². The highest BCUT2D eigenvalue weighted by Gasteiger charge is 2.36. The molecule has 2 heterocycles. The maximum atomic E-state index is 12.7. The van der Waals surface area contributed by atoms with Gasteiger partial charge in [-0.05, 0) is 39.7 Å². The topological polar surface area (TPSA) is 62.3 Å². The molecule has 2 aromatic carbocycles. The van der Waals surface area contributed by atoms with Gasteiger partial charge in [0.15, 0.2) is 0 Å². The predicted molar refractivity (Wildman–Crippen MR) is 107 cm³/mol. The molecular formula is C21H16BrN3O2. The fourth-order valence-electron chi connectivity index (χ4n) is 3.20. The molecule has 0 aliphatic carbocycles. The molecule has 3 aromatic rings. The lowest BCUT2D eigenvalue weighted by Gasteiger charge is -2.25. The summed E-state index contributed by atoms with van der Waals surface area (Å²) in [4.78, 5) is 31.0. The van der Waals surface area contributed by atoms with Crippen LogP contribution < -0.4 is 5.32 Å². The Morgan fingerprint density at radius 1 is 0.926 bits per heavy atom. The number of halogens is 1. The number of carbonyl (C=O) groups is 2. The van der Waals surface area contributed by atoms with Crippen LogP contribution in [-0.4, -0.2) is 28.2 Å². The Morgan fingerprint density at radius 2 is 1.56 bits per heavy atom. The predicted octanol–water partition coefficient (Wildman–Crippen LogP) is 4.29. The Labute approximate surface area is 165 Å². The molecule has 2 amide bonds. The number of aromatic nitrogens is 1. The summed E-state index contributed by atoms with van der Waals surface area (Å²) in [6.07, 6.45) is 3.41. The van der Waals surface area contributed by atoms with Crippen LogP contribution in [-0.2, 0) is 0 Å². The van der Waals surface area contributed by atoms with Crippen LogP contribution in [0.25, 0.3) is 0 Å². The number of pyridine rings is 1. The van der Waals surface area contributed by atoms with Crippen molar-refractivity contribution < 1.29 is 9.59 Å². The van der Waals surface area contributed by atoms with Crippen molar-refractivity contribution in [1.82, 2.24) is 9.88 Å². The van der Waals surface area contributed by atoms with E-state index in [2.05, 4.69) is 26.2 Å². The van der Waals surface area contributed by atoms with Crippen LogP contribution in [0.2, 0.25) is 0 Å². The lowest BCUT2D eigenvalue weighted by molar-refractivity contribution is 0.0648. The van der Waals surface area contributed by atoms with Gasteiger partial charge in [0.05, 0.1) is 35.6 Å². The van der Waals surface area contributed by atoms with Gasteiger partial charge in [-0.15, -0.1) is 0 Å². The molecule has 0 spiro atoms. The van der Waals surface area contributed by atoms with Gasteiger partial charge in [-0.2, -0.15) is 0 Å². The van der Waals surface area contributed by atoms with Gasteiger partial charge in [0.25, 0.3) is 11.8 Å². The molecule has 134 valence electrons. The summed E-state index contributed by atoms with van der Waals surface area (Å²) >= 11 is 3.41. The Bertz CT molecular complexity index is 972. The first-order valence-electron chi connectivity index (χ1n) is 8.51. The van der Waals surface area contributed by atoms with E-state index >= 15 is 0 Å². The van der Waals surface area contributed by atoms with Gasteiger partial charge in [-0.3, -0.25) is 19.5 Å². The number of anilines is 1. The van der Waals surface area contributed by atoms with Crippen LogP contribution in [0.15, 0.2) is 77.5 Å². The number of hydrogen-bond acceptors (Lipinski definition) is 4. The number of nitrogens with zero attached hydrogens (tertiary/aromatic N) is 2. The third-order valence-corrected chi connectivity index (χ3v) is 4.92. The zero-order valence-electron chi connectivity index (χ0n) is 14.3. The molecule has 27 heavy (non-hydrogen) atoms. The molecule has 1 aliphatic heterocycles. The zero-order chi connectivity index (χ0) is 18.8. The van der Waals surface area contributed by atoms with E-state index in [0.717, 1.165) is 15.7 Å². The first-order chi connectivity index (χ1) is 13.1. The molecule has 0 saturated carbocycles. The SMILES string of the molecule is O=C1c2ccccc2C(=O)N1C[C@@H](Nc1cncc(Br)c1)c1ccccc1. The number of fused-ring (bicyclic) bond motifs is 1. The first kappa shape index (κ1) is 17.4. The highest BCUT2D eigenvalue weighted by molar-refractivity contribution is 9.10. The number of rotatable bonds is 5. The van der Waals surface area contributed by atoms with Crippen molar-refractivity contribution in [2.24, 2.45) is 0 Å². The summed E-state index contributed by atoms with van der Waals surface area (Å²) in [6.45, 7) is 0.225. The second-order valence-electron chi connectivity index (χ2n) is 6.27. The summed E-state index contributed by atoms with van der Waals surface area (Å²) in [6, 6.07) is 18.3. The van der Waals surface area contributed by atoms with E-state index in [4.69, 9.17) is 0 Å². The standard InChI is InChI=1S/C21H16BrN3O2/c22-15-10-16(12-23-11-15)24-19(14-6-2-1-3-7-14)13-25-20(26)17-8-4-5-9-18(17)21(25)27/h1-12,19,24H,13H2/t19-/m1/s1. The molecule has 6 heteroatoms. The fraction of sp³-hybridized carbons (Fsp3) is 0.0952. The Kier molecular flexibility index (Phi) is 4.73. The largest absolute Gasteiger partial charge is 0.375 e. The minimum absolute atomic E-state index is 0.225. The highest BCUT2D eigenvalue weighted by atomic mass is 79.9. The van der Waals surface area contributed by atoms with Gasteiger partial charge in [0, 0.05) is 10.7 Å². The third-order valence-electron chi connectivity index (χ3n) is 4.49. The summed E-state index contributed by atoms with van der Waals surface area (Å²) in [5, 5.41) is 3.39. The van der Waals surface area contributed by atoms with E-state index in [0.29, 0.717) is 11.1 Å². The number of imide groups is 1. The molecule has 0 saturated heterocycles. The Morgan fingerprint density at radius 3 is 2.19 bits per heavy atom. The van der Waals surface area contributed by atoms with Crippen molar-refractivity contribution in [1.29, 1.82) is 0 Å². The number of carbonyl (C=O) groups excluding carboxylic acids is 2. The quantitative estimate of drug-likeness (QED) is 0.624. The molecule has 0 unspecified atom stereocenters. The van der Waals surface area contributed by atoms with Crippen LogP contribution in [0, 0.1) is 0 Å². The number of amides is 2. The van der Waals surface area contributed by atoms with Crippen LogP contribution in [0.4, 0.5) is 5.69 Å².